The summed E-state index contributed by atoms with van der Waals surface area (Å²) in [4.78, 5) is 30.4. The summed E-state index contributed by atoms with van der Waals surface area (Å²) in [5.41, 5.74) is 5.03. The Morgan fingerprint density at radius 2 is 1.90 bits per heavy atom. The molecule has 2 aromatic rings. The van der Waals surface area contributed by atoms with Crippen molar-refractivity contribution in [3.63, 3.8) is 0 Å². The van der Waals surface area contributed by atoms with Crippen molar-refractivity contribution in [2.75, 3.05) is 11.4 Å². The van der Waals surface area contributed by atoms with Crippen molar-refractivity contribution in [2.45, 2.75) is 72.4 Å². The van der Waals surface area contributed by atoms with Crippen LogP contribution in [0.1, 0.15) is 71.8 Å². The number of aryl methyl sites for hydroxylation is 2. The number of nitrogens with zero attached hydrogens (tertiary/aromatic N) is 1. The summed E-state index contributed by atoms with van der Waals surface area (Å²) in [5, 5.41) is 2.94. The Bertz CT molecular complexity index is 926. The highest BCUT2D eigenvalue weighted by atomic mass is 16.1. The van der Waals surface area contributed by atoms with Crippen LogP contribution < -0.4 is 15.8 Å². The van der Waals surface area contributed by atoms with Crippen LogP contribution in [-0.4, -0.2) is 23.5 Å². The van der Waals surface area contributed by atoms with Crippen molar-refractivity contribution in [3.8, 4) is 0 Å². The molecule has 1 fully saturated rings. The van der Waals surface area contributed by atoms with Gasteiger partial charge in [0.05, 0.1) is 0 Å². The van der Waals surface area contributed by atoms with Gasteiger partial charge in [0, 0.05) is 41.6 Å². The number of aromatic amines is 1. The van der Waals surface area contributed by atoms with E-state index in [0.29, 0.717) is 17.2 Å². The van der Waals surface area contributed by atoms with Crippen molar-refractivity contribution in [3.05, 3.63) is 62.6 Å². The molecular weight excluding hydrogens is 362 g/mol. The highest BCUT2D eigenvalue weighted by Gasteiger charge is 2.23. The maximum Gasteiger partial charge on any atom is 0.253 e. The van der Waals surface area contributed by atoms with Crippen LogP contribution in [0.5, 0.6) is 0 Å². The van der Waals surface area contributed by atoms with Crippen molar-refractivity contribution < 1.29 is 4.79 Å². The van der Waals surface area contributed by atoms with E-state index < -0.39 is 0 Å². The number of hydrogen-bond acceptors (Lipinski definition) is 3. The lowest BCUT2D eigenvalue weighted by Crippen LogP contribution is -2.37. The zero-order valence-electron chi connectivity index (χ0n) is 18.1. The molecule has 1 heterocycles. The third-order valence-electron chi connectivity index (χ3n) is 6.13. The average molecular weight is 396 g/mol. The smallest absolute Gasteiger partial charge is 0.253 e. The molecule has 1 saturated carbocycles. The summed E-state index contributed by atoms with van der Waals surface area (Å²) < 4.78 is 0. The Morgan fingerprint density at radius 3 is 2.55 bits per heavy atom. The van der Waals surface area contributed by atoms with Crippen LogP contribution in [0.25, 0.3) is 0 Å². The number of rotatable bonds is 6. The number of carbonyl (C=O) groups excluding carboxylic acids is 1. The molecule has 2 N–H and O–H groups in total. The normalized spacial score (nSPS) is 14.6. The number of hydrogen-bond donors (Lipinski definition) is 2. The van der Waals surface area contributed by atoms with Gasteiger partial charge in [-0.2, -0.15) is 0 Å². The molecule has 1 aromatic carbocycles. The van der Waals surface area contributed by atoms with Gasteiger partial charge in [0.1, 0.15) is 0 Å². The van der Waals surface area contributed by atoms with Crippen molar-refractivity contribution in [2.24, 2.45) is 0 Å². The lowest BCUT2D eigenvalue weighted by molar-refractivity contribution is 0.0950. The van der Waals surface area contributed by atoms with Gasteiger partial charge in [-0.3, -0.25) is 9.59 Å². The molecule has 0 atom stereocenters. The number of aromatic nitrogens is 1. The summed E-state index contributed by atoms with van der Waals surface area (Å²) in [6, 6.07) is 8.44. The molecule has 5 nitrogen and oxygen atoms in total. The van der Waals surface area contributed by atoms with E-state index in [4.69, 9.17) is 0 Å². The van der Waals surface area contributed by atoms with E-state index in [2.05, 4.69) is 28.2 Å². The summed E-state index contributed by atoms with van der Waals surface area (Å²) in [5.74, 6) is -0.136. The third kappa shape index (κ3) is 4.72. The molecule has 5 heteroatoms. The number of benzene rings is 1. The number of carbonyl (C=O) groups is 1. The molecule has 0 radical (unpaired) electrons. The van der Waals surface area contributed by atoms with Gasteiger partial charge in [-0.05, 0) is 69.9 Å². The minimum Gasteiger partial charge on any atom is -0.369 e. The van der Waals surface area contributed by atoms with E-state index in [9.17, 15) is 9.59 Å². The molecule has 1 aromatic heterocycles. The monoisotopic (exact) mass is 395 g/mol. The van der Waals surface area contributed by atoms with Crippen LogP contribution in [0.3, 0.4) is 0 Å². The van der Waals surface area contributed by atoms with E-state index in [0.717, 1.165) is 29.1 Å². The van der Waals surface area contributed by atoms with Gasteiger partial charge >= 0.3 is 0 Å². The molecule has 156 valence electrons. The zero-order chi connectivity index (χ0) is 21.0. The van der Waals surface area contributed by atoms with Gasteiger partial charge in [0.15, 0.2) is 0 Å². The summed E-state index contributed by atoms with van der Waals surface area (Å²) >= 11 is 0. The second-order valence-electron chi connectivity index (χ2n) is 8.15. The van der Waals surface area contributed by atoms with Gasteiger partial charge in [0.2, 0.25) is 0 Å². The second-order valence-corrected chi connectivity index (χ2v) is 8.15. The van der Waals surface area contributed by atoms with E-state index >= 15 is 0 Å². The molecule has 1 aliphatic rings. The van der Waals surface area contributed by atoms with Crippen LogP contribution in [-0.2, 0) is 6.54 Å². The zero-order valence-corrected chi connectivity index (χ0v) is 18.1. The second kappa shape index (κ2) is 9.29. The first-order valence-electron chi connectivity index (χ1n) is 10.8. The maximum absolute atomic E-state index is 12.9. The Morgan fingerprint density at radius 1 is 1.17 bits per heavy atom. The molecular formula is C24H33N3O2. The number of pyridine rings is 1. The number of anilines is 1. The van der Waals surface area contributed by atoms with Crippen molar-refractivity contribution in [1.29, 1.82) is 0 Å². The van der Waals surface area contributed by atoms with Crippen LogP contribution in [0.2, 0.25) is 0 Å². The van der Waals surface area contributed by atoms with E-state index in [1.165, 1.54) is 32.1 Å². The fourth-order valence-corrected chi connectivity index (χ4v) is 4.56. The molecule has 0 unspecified atom stereocenters. The fraction of sp³-hybridized carbons (Fsp3) is 0.500. The van der Waals surface area contributed by atoms with Gasteiger partial charge in [-0.25, -0.2) is 0 Å². The predicted octanol–water partition coefficient (Wildman–Crippen LogP) is 4.39. The molecule has 0 spiro atoms. The maximum atomic E-state index is 12.9. The lowest BCUT2D eigenvalue weighted by atomic mass is 9.93. The summed E-state index contributed by atoms with van der Waals surface area (Å²) in [6.07, 6.45) is 6.33. The Kier molecular flexibility index (Phi) is 6.78. The Labute approximate surface area is 173 Å². The summed E-state index contributed by atoms with van der Waals surface area (Å²) in [6.45, 7) is 9.14. The topological polar surface area (TPSA) is 65.2 Å². The summed E-state index contributed by atoms with van der Waals surface area (Å²) in [7, 11) is 0. The Balaban J connectivity index is 1.79. The van der Waals surface area contributed by atoms with Gasteiger partial charge < -0.3 is 15.2 Å². The minimum atomic E-state index is -0.136. The predicted molar refractivity (Wildman–Crippen MR) is 119 cm³/mol. The van der Waals surface area contributed by atoms with Crippen LogP contribution >= 0.6 is 0 Å². The molecule has 0 bridgehead atoms. The third-order valence-corrected chi connectivity index (χ3v) is 6.13. The number of H-pyrrole nitrogens is 1. The van der Waals surface area contributed by atoms with E-state index in [1.807, 2.05) is 39.0 Å². The molecule has 0 saturated heterocycles. The lowest BCUT2D eigenvalue weighted by Gasteiger charge is -2.36. The standard InChI is InChI=1S/C24H33N3O2/c1-5-27(19-10-7-6-8-11-19)22-13-9-12-20(18(22)4)23(28)25-15-21-16(2)14-17(3)26-24(21)29/h9,12-14,19H,5-8,10-11,15H2,1-4H3,(H,25,28)(H,26,29). The van der Waals surface area contributed by atoms with E-state index in [1.54, 1.807) is 0 Å². The quantitative estimate of drug-likeness (QED) is 0.762. The first-order valence-corrected chi connectivity index (χ1v) is 10.8. The molecule has 1 amide bonds. The SMILES string of the molecule is CCN(c1cccc(C(=O)NCc2c(C)cc(C)[nH]c2=O)c1C)C1CCCCC1. The molecule has 3 rings (SSSR count). The van der Waals surface area contributed by atoms with E-state index in [-0.39, 0.29) is 18.0 Å². The van der Waals surface area contributed by atoms with Crippen molar-refractivity contribution >= 4 is 11.6 Å². The average Bonchev–Trinajstić information content (AvgIpc) is 2.69. The van der Waals surface area contributed by atoms with Crippen molar-refractivity contribution in [1.82, 2.24) is 10.3 Å². The van der Waals surface area contributed by atoms with Gasteiger partial charge in [-0.1, -0.05) is 25.3 Å². The highest BCUT2D eigenvalue weighted by Crippen LogP contribution is 2.30. The number of amides is 1. The van der Waals surface area contributed by atoms with Crippen LogP contribution in [0.4, 0.5) is 5.69 Å². The first kappa shape index (κ1) is 21.2. The van der Waals surface area contributed by atoms with Crippen LogP contribution in [0.15, 0.2) is 29.1 Å². The molecule has 0 aliphatic heterocycles. The highest BCUT2D eigenvalue weighted by molar-refractivity contribution is 5.97. The molecule has 1 aliphatic carbocycles. The van der Waals surface area contributed by atoms with Gasteiger partial charge in [0.25, 0.3) is 11.5 Å². The Hall–Kier alpha value is -2.56. The largest absolute Gasteiger partial charge is 0.369 e. The number of nitrogens with one attached hydrogen (secondary N) is 2. The fourth-order valence-electron chi connectivity index (χ4n) is 4.56. The van der Waals surface area contributed by atoms with Crippen LogP contribution in [0, 0.1) is 20.8 Å². The first-order chi connectivity index (χ1) is 13.9. The van der Waals surface area contributed by atoms with Gasteiger partial charge in [-0.15, -0.1) is 0 Å². The molecule has 29 heavy (non-hydrogen) atoms. The minimum absolute atomic E-state index is 0.136.